The van der Waals surface area contributed by atoms with Crippen molar-refractivity contribution in [3.05, 3.63) is 22.7 Å². The maximum atomic E-state index is 11.5. The minimum atomic E-state index is -3.06. The quantitative estimate of drug-likeness (QED) is 0.802. The zero-order valence-corrected chi connectivity index (χ0v) is 13.2. The molecule has 0 aliphatic carbocycles. The van der Waals surface area contributed by atoms with Crippen LogP contribution in [0.15, 0.2) is 22.7 Å². The van der Waals surface area contributed by atoms with Crippen LogP contribution in [0, 0.1) is 0 Å². The van der Waals surface area contributed by atoms with Crippen molar-refractivity contribution in [2.75, 3.05) is 17.2 Å². The zero-order valence-electron chi connectivity index (χ0n) is 10.8. The highest BCUT2D eigenvalue weighted by atomic mass is 79.9. The molecule has 0 atom stereocenters. The lowest BCUT2D eigenvalue weighted by atomic mass is 10.2. The second-order valence-corrected chi connectivity index (χ2v) is 7.53. The Hall–Kier alpha value is -1.48. The van der Waals surface area contributed by atoms with Gasteiger partial charge in [-0.05, 0) is 44.6 Å². The maximum absolute atomic E-state index is 11.5. The van der Waals surface area contributed by atoms with Crippen LogP contribution < -0.4 is 5.73 Å². The van der Waals surface area contributed by atoms with Crippen molar-refractivity contribution in [2.45, 2.75) is 13.5 Å². The normalized spacial score (nSPS) is 11.7. The number of aryl methyl sites for hydroxylation is 1. The molecule has 1 aromatic heterocycles. The van der Waals surface area contributed by atoms with Gasteiger partial charge in [-0.25, -0.2) is 13.1 Å². The number of nitrogens with two attached hydrogens (primary N) is 1. The summed E-state index contributed by atoms with van der Waals surface area (Å²) in [7, 11) is -3.06. The second kappa shape index (κ2) is 5.88. The van der Waals surface area contributed by atoms with Crippen LogP contribution in [-0.4, -0.2) is 40.1 Å². The first-order valence-corrected chi connectivity index (χ1v) is 8.56. The molecule has 0 aliphatic heterocycles. The summed E-state index contributed by atoms with van der Waals surface area (Å²) in [6.45, 7) is 1.83. The van der Waals surface area contributed by atoms with Gasteiger partial charge in [-0.1, -0.05) is 6.92 Å². The Balaban J connectivity index is 2.26. The molecule has 0 fully saturated rings. The standard InChI is InChI=1S/C11H14BrN5O2S/c1-2-20(18,19)6-5-17-11(14-15-16-17)8-3-4-9(12)10(13)7-8/h3-4,7H,2,5-6,13H2,1H3. The Morgan fingerprint density at radius 1 is 1.40 bits per heavy atom. The first kappa shape index (κ1) is 14.9. The molecule has 7 nitrogen and oxygen atoms in total. The number of sulfone groups is 1. The Labute approximate surface area is 125 Å². The van der Waals surface area contributed by atoms with Crippen LogP contribution in [-0.2, 0) is 16.4 Å². The van der Waals surface area contributed by atoms with E-state index in [1.165, 1.54) is 4.68 Å². The van der Waals surface area contributed by atoms with Crippen molar-refractivity contribution in [3.8, 4) is 11.4 Å². The summed E-state index contributed by atoms with van der Waals surface area (Å²) in [5.74, 6) is 0.610. The molecule has 0 aliphatic rings. The van der Waals surface area contributed by atoms with Gasteiger partial charge in [0, 0.05) is 21.5 Å². The number of nitrogens with zero attached hydrogens (tertiary/aromatic N) is 4. The lowest BCUT2D eigenvalue weighted by Crippen LogP contribution is -2.16. The highest BCUT2D eigenvalue weighted by molar-refractivity contribution is 9.10. The number of aromatic nitrogens is 4. The second-order valence-electron chi connectivity index (χ2n) is 4.20. The number of tetrazole rings is 1. The number of benzene rings is 1. The number of nitrogen functional groups attached to an aromatic ring is 1. The summed E-state index contributed by atoms with van der Waals surface area (Å²) < 4.78 is 25.3. The van der Waals surface area contributed by atoms with Crippen molar-refractivity contribution in [1.82, 2.24) is 20.2 Å². The van der Waals surface area contributed by atoms with E-state index in [1.807, 2.05) is 6.07 Å². The molecule has 108 valence electrons. The molecule has 1 heterocycles. The molecule has 0 amide bonds. The van der Waals surface area contributed by atoms with E-state index >= 15 is 0 Å². The van der Waals surface area contributed by atoms with Crippen molar-refractivity contribution in [3.63, 3.8) is 0 Å². The SMILES string of the molecule is CCS(=O)(=O)CCn1nnnc1-c1ccc(Br)c(N)c1. The Morgan fingerprint density at radius 2 is 2.15 bits per heavy atom. The van der Waals surface area contributed by atoms with Crippen LogP contribution in [0.5, 0.6) is 0 Å². The first-order chi connectivity index (χ1) is 9.43. The van der Waals surface area contributed by atoms with Crippen LogP contribution in [0.3, 0.4) is 0 Å². The molecule has 2 aromatic rings. The van der Waals surface area contributed by atoms with Crippen molar-refractivity contribution >= 4 is 31.5 Å². The molecule has 0 bridgehead atoms. The minimum Gasteiger partial charge on any atom is -0.398 e. The molecular formula is C11H14BrN5O2S. The van der Waals surface area contributed by atoms with Crippen LogP contribution in [0.4, 0.5) is 5.69 Å². The molecule has 0 saturated heterocycles. The van der Waals surface area contributed by atoms with Gasteiger partial charge in [0.05, 0.1) is 12.3 Å². The fourth-order valence-electron chi connectivity index (χ4n) is 1.61. The van der Waals surface area contributed by atoms with Gasteiger partial charge in [0.1, 0.15) is 0 Å². The van der Waals surface area contributed by atoms with Gasteiger partial charge >= 0.3 is 0 Å². The third-order valence-corrected chi connectivity index (χ3v) is 5.25. The number of rotatable bonds is 5. The Morgan fingerprint density at radius 3 is 2.80 bits per heavy atom. The minimum absolute atomic E-state index is 0.00749. The van der Waals surface area contributed by atoms with Gasteiger partial charge < -0.3 is 5.73 Å². The molecule has 2 N–H and O–H groups in total. The maximum Gasteiger partial charge on any atom is 0.182 e. The molecule has 0 radical (unpaired) electrons. The van der Waals surface area contributed by atoms with E-state index in [1.54, 1.807) is 19.1 Å². The lowest BCUT2D eigenvalue weighted by Gasteiger charge is -2.06. The number of anilines is 1. The predicted octanol–water partition coefficient (Wildman–Crippen LogP) is 1.12. The smallest absolute Gasteiger partial charge is 0.182 e. The largest absolute Gasteiger partial charge is 0.398 e. The van der Waals surface area contributed by atoms with E-state index in [0.717, 1.165) is 10.0 Å². The fourth-order valence-corrected chi connectivity index (χ4v) is 2.60. The van der Waals surface area contributed by atoms with Crippen LogP contribution in [0.1, 0.15) is 6.92 Å². The number of hydrogen-bond donors (Lipinski definition) is 1. The summed E-state index contributed by atoms with van der Waals surface area (Å²) in [5, 5.41) is 11.3. The molecule has 9 heteroatoms. The molecular weight excluding hydrogens is 346 g/mol. The topological polar surface area (TPSA) is 104 Å². The van der Waals surface area contributed by atoms with Gasteiger partial charge in [0.15, 0.2) is 15.7 Å². The van der Waals surface area contributed by atoms with Gasteiger partial charge in [-0.3, -0.25) is 0 Å². The molecule has 0 saturated carbocycles. The van der Waals surface area contributed by atoms with Crippen LogP contribution >= 0.6 is 15.9 Å². The monoisotopic (exact) mass is 359 g/mol. The molecule has 20 heavy (non-hydrogen) atoms. The third-order valence-electron chi connectivity index (χ3n) is 2.84. The number of halogens is 1. The van der Waals surface area contributed by atoms with Gasteiger partial charge in [-0.15, -0.1) is 5.10 Å². The highest BCUT2D eigenvalue weighted by Gasteiger charge is 2.13. The van der Waals surface area contributed by atoms with E-state index < -0.39 is 9.84 Å². The van der Waals surface area contributed by atoms with Gasteiger partial charge in [-0.2, -0.15) is 0 Å². The van der Waals surface area contributed by atoms with E-state index in [4.69, 9.17) is 5.73 Å². The third kappa shape index (κ3) is 3.34. The average Bonchev–Trinajstić information content (AvgIpc) is 2.88. The van der Waals surface area contributed by atoms with Gasteiger partial charge in [0.25, 0.3) is 0 Å². The lowest BCUT2D eigenvalue weighted by molar-refractivity contribution is 0.577. The summed E-state index contributed by atoms with van der Waals surface area (Å²) in [5.41, 5.74) is 7.13. The summed E-state index contributed by atoms with van der Waals surface area (Å²) >= 11 is 3.31. The highest BCUT2D eigenvalue weighted by Crippen LogP contribution is 2.25. The molecule has 0 unspecified atom stereocenters. The van der Waals surface area contributed by atoms with Crippen LogP contribution in [0.2, 0.25) is 0 Å². The van der Waals surface area contributed by atoms with Gasteiger partial charge in [0.2, 0.25) is 0 Å². The van der Waals surface area contributed by atoms with Crippen molar-refractivity contribution in [1.29, 1.82) is 0 Å². The van der Waals surface area contributed by atoms with Crippen LogP contribution in [0.25, 0.3) is 11.4 Å². The summed E-state index contributed by atoms with van der Waals surface area (Å²) in [4.78, 5) is 0. The van der Waals surface area contributed by atoms with E-state index in [0.29, 0.717) is 11.5 Å². The van der Waals surface area contributed by atoms with E-state index in [9.17, 15) is 8.42 Å². The molecule has 0 spiro atoms. The fraction of sp³-hybridized carbons (Fsp3) is 0.364. The van der Waals surface area contributed by atoms with E-state index in [2.05, 4.69) is 31.5 Å². The molecule has 2 rings (SSSR count). The van der Waals surface area contributed by atoms with Crippen molar-refractivity contribution in [2.24, 2.45) is 0 Å². The predicted molar refractivity (Wildman–Crippen MR) is 79.7 cm³/mol. The Bertz CT molecular complexity index is 713. The summed E-state index contributed by atoms with van der Waals surface area (Å²) in [6.07, 6.45) is 0. The van der Waals surface area contributed by atoms with E-state index in [-0.39, 0.29) is 18.1 Å². The summed E-state index contributed by atoms with van der Waals surface area (Å²) in [6, 6.07) is 5.35. The Kier molecular flexibility index (Phi) is 4.39. The number of hydrogen-bond acceptors (Lipinski definition) is 6. The first-order valence-electron chi connectivity index (χ1n) is 5.95. The van der Waals surface area contributed by atoms with Crippen molar-refractivity contribution < 1.29 is 8.42 Å². The average molecular weight is 360 g/mol. The molecule has 1 aromatic carbocycles. The zero-order chi connectivity index (χ0) is 14.8.